The predicted molar refractivity (Wildman–Crippen MR) is 86.9 cm³/mol. The highest BCUT2D eigenvalue weighted by molar-refractivity contribution is 5.81. The Balaban J connectivity index is 1.71. The van der Waals surface area contributed by atoms with Gasteiger partial charge in [-0.25, -0.2) is 0 Å². The minimum Gasteiger partial charge on any atom is -0.256 e. The second-order valence-electron chi connectivity index (χ2n) is 5.64. The van der Waals surface area contributed by atoms with Crippen LogP contribution in [0.1, 0.15) is 63.9 Å². The Labute approximate surface area is 123 Å². The molecule has 1 aromatic heterocycles. The Morgan fingerprint density at radius 1 is 0.950 bits per heavy atom. The maximum absolute atomic E-state index is 4.37. The first-order valence-corrected chi connectivity index (χ1v) is 8.15. The van der Waals surface area contributed by atoms with Crippen molar-refractivity contribution >= 4 is 10.9 Å². The SMILES string of the molecule is CCCCCCCCCCc1cccc2nc[c]cc12. The minimum absolute atomic E-state index is 1.10. The van der Waals surface area contributed by atoms with Crippen molar-refractivity contribution in [2.24, 2.45) is 0 Å². The number of pyridine rings is 1. The number of rotatable bonds is 9. The van der Waals surface area contributed by atoms with Crippen LogP contribution in [0.3, 0.4) is 0 Å². The van der Waals surface area contributed by atoms with Gasteiger partial charge in [0.1, 0.15) is 0 Å². The van der Waals surface area contributed by atoms with Gasteiger partial charge in [-0.2, -0.15) is 0 Å². The van der Waals surface area contributed by atoms with E-state index < -0.39 is 0 Å². The molecule has 0 amide bonds. The first-order chi connectivity index (χ1) is 9.92. The Morgan fingerprint density at radius 3 is 2.50 bits per heavy atom. The molecule has 1 heteroatoms. The van der Waals surface area contributed by atoms with E-state index in [0.717, 1.165) is 5.52 Å². The van der Waals surface area contributed by atoms with Crippen LogP contribution < -0.4 is 0 Å². The quantitative estimate of drug-likeness (QED) is 0.530. The molecule has 2 aromatic rings. The molecule has 0 spiro atoms. The molecule has 0 atom stereocenters. The number of unbranched alkanes of at least 4 members (excludes halogenated alkanes) is 7. The van der Waals surface area contributed by atoms with Gasteiger partial charge in [0.05, 0.1) is 5.52 Å². The van der Waals surface area contributed by atoms with Crippen molar-refractivity contribution in [3.8, 4) is 0 Å². The third kappa shape index (κ3) is 4.63. The van der Waals surface area contributed by atoms with Crippen LogP contribution in [-0.4, -0.2) is 4.98 Å². The van der Waals surface area contributed by atoms with Crippen molar-refractivity contribution in [1.82, 2.24) is 4.98 Å². The molecular weight excluding hydrogens is 242 g/mol. The minimum atomic E-state index is 1.10. The van der Waals surface area contributed by atoms with Crippen LogP contribution in [0.25, 0.3) is 10.9 Å². The highest BCUT2D eigenvalue weighted by atomic mass is 14.6. The van der Waals surface area contributed by atoms with Gasteiger partial charge in [-0.05, 0) is 30.5 Å². The molecule has 107 valence electrons. The average Bonchev–Trinajstić information content (AvgIpc) is 2.50. The molecule has 0 N–H and O–H groups in total. The molecule has 0 fully saturated rings. The molecule has 1 heterocycles. The van der Waals surface area contributed by atoms with Crippen LogP contribution in [0.4, 0.5) is 0 Å². The molecule has 1 radical (unpaired) electrons. The smallest absolute Gasteiger partial charge is 0.0705 e. The topological polar surface area (TPSA) is 12.9 Å². The molecule has 0 aliphatic carbocycles. The number of hydrogen-bond donors (Lipinski definition) is 0. The summed E-state index contributed by atoms with van der Waals surface area (Å²) < 4.78 is 0. The summed E-state index contributed by atoms with van der Waals surface area (Å²) in [5.74, 6) is 0. The van der Waals surface area contributed by atoms with Crippen molar-refractivity contribution in [2.45, 2.75) is 64.7 Å². The van der Waals surface area contributed by atoms with Crippen molar-refractivity contribution in [2.75, 3.05) is 0 Å². The molecule has 0 aliphatic rings. The van der Waals surface area contributed by atoms with Crippen LogP contribution in [-0.2, 0) is 6.42 Å². The maximum Gasteiger partial charge on any atom is 0.0705 e. The lowest BCUT2D eigenvalue weighted by Gasteiger charge is -2.06. The standard InChI is InChI=1S/C19H26N/c1-2-3-4-5-6-7-8-9-12-17-13-10-15-19-18(17)14-11-16-20-19/h10,13-16H,2-9,12H2,1H3. The summed E-state index contributed by atoms with van der Waals surface area (Å²) >= 11 is 0. The zero-order valence-electron chi connectivity index (χ0n) is 12.7. The Hall–Kier alpha value is -1.37. The van der Waals surface area contributed by atoms with Gasteiger partial charge in [0.2, 0.25) is 0 Å². The fraction of sp³-hybridized carbons (Fsp3) is 0.526. The summed E-state index contributed by atoms with van der Waals surface area (Å²) in [4.78, 5) is 4.37. The number of aromatic nitrogens is 1. The van der Waals surface area contributed by atoms with Gasteiger partial charge in [0.15, 0.2) is 0 Å². The fourth-order valence-electron chi connectivity index (χ4n) is 2.77. The molecular formula is C19H26N. The summed E-state index contributed by atoms with van der Waals surface area (Å²) in [6.07, 6.45) is 13.9. The van der Waals surface area contributed by atoms with Crippen molar-refractivity contribution < 1.29 is 0 Å². The summed E-state index contributed by atoms with van der Waals surface area (Å²) in [6.45, 7) is 2.27. The largest absolute Gasteiger partial charge is 0.256 e. The highest BCUT2D eigenvalue weighted by Gasteiger charge is 2.01. The van der Waals surface area contributed by atoms with Gasteiger partial charge in [0.25, 0.3) is 0 Å². The van der Waals surface area contributed by atoms with Gasteiger partial charge in [-0.15, -0.1) is 0 Å². The molecule has 1 nitrogen and oxygen atoms in total. The lowest BCUT2D eigenvalue weighted by atomic mass is 10.0. The van der Waals surface area contributed by atoms with Crippen LogP contribution in [0.2, 0.25) is 0 Å². The van der Waals surface area contributed by atoms with E-state index in [4.69, 9.17) is 0 Å². The predicted octanol–water partition coefficient (Wildman–Crippen LogP) is 5.72. The first-order valence-electron chi connectivity index (χ1n) is 8.15. The van der Waals surface area contributed by atoms with E-state index in [1.807, 2.05) is 0 Å². The van der Waals surface area contributed by atoms with Crippen LogP contribution in [0, 0.1) is 6.07 Å². The molecule has 20 heavy (non-hydrogen) atoms. The first kappa shape index (κ1) is 15.0. The van der Waals surface area contributed by atoms with E-state index in [1.54, 1.807) is 6.20 Å². The zero-order chi connectivity index (χ0) is 14.0. The van der Waals surface area contributed by atoms with Crippen molar-refractivity contribution in [3.05, 3.63) is 42.1 Å². The number of benzene rings is 1. The van der Waals surface area contributed by atoms with E-state index >= 15 is 0 Å². The second-order valence-corrected chi connectivity index (χ2v) is 5.64. The van der Waals surface area contributed by atoms with E-state index in [-0.39, 0.29) is 0 Å². The third-order valence-electron chi connectivity index (χ3n) is 3.98. The number of hydrogen-bond acceptors (Lipinski definition) is 1. The number of fused-ring (bicyclic) bond motifs is 1. The molecule has 0 bridgehead atoms. The van der Waals surface area contributed by atoms with Gasteiger partial charge in [0, 0.05) is 17.6 Å². The molecule has 2 rings (SSSR count). The Bertz CT molecular complexity index is 499. The third-order valence-corrected chi connectivity index (χ3v) is 3.98. The molecule has 0 unspecified atom stereocenters. The van der Waals surface area contributed by atoms with E-state index in [0.29, 0.717) is 0 Å². The highest BCUT2D eigenvalue weighted by Crippen LogP contribution is 2.19. The van der Waals surface area contributed by atoms with Crippen LogP contribution in [0.5, 0.6) is 0 Å². The maximum atomic E-state index is 4.37. The molecule has 0 saturated carbocycles. The summed E-state index contributed by atoms with van der Waals surface area (Å²) in [5.41, 5.74) is 2.53. The Kier molecular flexibility index (Phi) is 6.56. The average molecular weight is 268 g/mol. The Morgan fingerprint density at radius 2 is 1.70 bits per heavy atom. The number of nitrogens with zero attached hydrogens (tertiary/aromatic N) is 1. The van der Waals surface area contributed by atoms with Gasteiger partial charge < -0.3 is 0 Å². The second kappa shape index (κ2) is 8.73. The van der Waals surface area contributed by atoms with Crippen LogP contribution >= 0.6 is 0 Å². The van der Waals surface area contributed by atoms with E-state index in [1.165, 1.54) is 68.7 Å². The fourth-order valence-corrected chi connectivity index (χ4v) is 2.77. The summed E-state index contributed by atoms with van der Waals surface area (Å²) in [5, 5.41) is 1.28. The molecule has 0 aliphatic heterocycles. The lowest BCUT2D eigenvalue weighted by Crippen LogP contribution is -1.89. The zero-order valence-corrected chi connectivity index (χ0v) is 12.7. The normalized spacial score (nSPS) is 11.1. The van der Waals surface area contributed by atoms with Gasteiger partial charge in [-0.3, -0.25) is 4.98 Å². The van der Waals surface area contributed by atoms with Crippen molar-refractivity contribution in [3.63, 3.8) is 0 Å². The van der Waals surface area contributed by atoms with Gasteiger partial charge in [-0.1, -0.05) is 64.0 Å². The van der Waals surface area contributed by atoms with Gasteiger partial charge >= 0.3 is 0 Å². The molecule has 1 aromatic carbocycles. The monoisotopic (exact) mass is 268 g/mol. The van der Waals surface area contributed by atoms with E-state index in [9.17, 15) is 0 Å². The van der Waals surface area contributed by atoms with Crippen molar-refractivity contribution in [1.29, 1.82) is 0 Å². The summed E-state index contributed by atoms with van der Waals surface area (Å²) in [6, 6.07) is 11.6. The van der Waals surface area contributed by atoms with E-state index in [2.05, 4.69) is 42.2 Å². The number of aryl methyl sites for hydroxylation is 1. The van der Waals surface area contributed by atoms with Crippen LogP contribution in [0.15, 0.2) is 30.5 Å². The lowest BCUT2D eigenvalue weighted by molar-refractivity contribution is 0.576. The summed E-state index contributed by atoms with van der Waals surface area (Å²) in [7, 11) is 0. The molecule has 0 saturated heterocycles.